The largest absolute Gasteiger partial charge is 0.507 e. The molecule has 3 aliphatic heterocycles. The number of carbonyl (C=O) groups is 3. The van der Waals surface area contributed by atoms with Crippen LogP contribution in [0.5, 0.6) is 17.2 Å². The van der Waals surface area contributed by atoms with Crippen molar-refractivity contribution < 1.29 is 53.7 Å². The van der Waals surface area contributed by atoms with Gasteiger partial charge in [0, 0.05) is 71.9 Å². The summed E-state index contributed by atoms with van der Waals surface area (Å²) < 4.78 is 18.3. The van der Waals surface area contributed by atoms with E-state index in [0.29, 0.717) is 56.9 Å². The average molecular weight is 1170 g/mol. The van der Waals surface area contributed by atoms with Crippen LogP contribution in [0.2, 0.25) is 0 Å². The van der Waals surface area contributed by atoms with Crippen LogP contribution in [0, 0.1) is 47.0 Å². The third kappa shape index (κ3) is 18.2. The molecule has 1 atom stereocenters. The minimum absolute atomic E-state index is 0.0146. The lowest BCUT2D eigenvalue weighted by atomic mass is 9.73. The smallest absolute Gasteiger partial charge is 0.313 e. The Balaban J connectivity index is 0.000000309. The van der Waals surface area contributed by atoms with Gasteiger partial charge in [-0.15, -0.1) is 0 Å². The van der Waals surface area contributed by atoms with Crippen molar-refractivity contribution in [2.75, 3.05) is 33.9 Å². The van der Waals surface area contributed by atoms with Crippen LogP contribution >= 0.6 is 0 Å². The summed E-state index contributed by atoms with van der Waals surface area (Å²) in [5.41, 5.74) is 6.21. The number of aromatic hydroxyl groups is 3. The number of ether oxygens (including phenoxy) is 3. The molecule has 14 nitrogen and oxygen atoms in total. The first-order chi connectivity index (χ1) is 38.7. The molecule has 14 heteroatoms. The van der Waals surface area contributed by atoms with Gasteiger partial charge in [0.25, 0.3) is 0 Å². The molecule has 0 amide bonds. The number of hydrogen-bond donors (Lipinski definition) is 3. The van der Waals surface area contributed by atoms with E-state index < -0.39 is 5.41 Å². The minimum atomic E-state index is -1.07. The van der Waals surface area contributed by atoms with Gasteiger partial charge >= 0.3 is 17.9 Å². The number of esters is 3. The van der Waals surface area contributed by atoms with Gasteiger partial charge in [-0.05, 0) is 234 Å². The Kier molecular flexibility index (Phi) is 23.3. The number of unbranched alkanes of at least 4 members (excludes halogenated alkanes) is 1. The summed E-state index contributed by atoms with van der Waals surface area (Å²) in [4.78, 5) is 59.6. The number of carbonyl (C=O) groups excluding carboxylic acids is 3. The number of phenolic OH excluding ortho intramolecular Hbond substituents is 3. The van der Waals surface area contributed by atoms with Crippen LogP contribution in [0.3, 0.4) is 0 Å². The molecule has 0 spiro atoms. The summed E-state index contributed by atoms with van der Waals surface area (Å²) in [5.74, 6) is 0.0928. The van der Waals surface area contributed by atoms with E-state index in [2.05, 4.69) is 119 Å². The van der Waals surface area contributed by atoms with Crippen LogP contribution in [0.4, 0.5) is 0 Å². The zero-order chi connectivity index (χ0) is 63.1. The molecule has 3 fully saturated rings. The van der Waals surface area contributed by atoms with Crippen LogP contribution < -0.4 is 0 Å². The van der Waals surface area contributed by atoms with Gasteiger partial charge in [-0.1, -0.05) is 56.2 Å². The first kappa shape index (κ1) is 70.0. The molecule has 1 unspecified atom stereocenters. The quantitative estimate of drug-likeness (QED) is 0.0286. The molecular formula is C70H111N3O11. The maximum absolute atomic E-state index is 14.6. The second-order valence-corrected chi connectivity index (χ2v) is 29.3. The second-order valence-electron chi connectivity index (χ2n) is 29.3. The minimum Gasteiger partial charge on any atom is -0.507 e. The number of aryl methyl sites for hydroxylation is 8. The highest BCUT2D eigenvalue weighted by Gasteiger charge is 2.50. The topological polar surface area (TPSA) is 168 Å². The van der Waals surface area contributed by atoms with E-state index in [1.165, 1.54) is 5.56 Å². The lowest BCUT2D eigenvalue weighted by Crippen LogP contribution is -2.62. The van der Waals surface area contributed by atoms with Crippen molar-refractivity contribution in [1.82, 2.24) is 14.7 Å². The van der Waals surface area contributed by atoms with Crippen molar-refractivity contribution in [3.05, 3.63) is 86.5 Å². The Labute approximate surface area is 506 Å². The fourth-order valence-electron chi connectivity index (χ4n) is 14.4. The SMILES string of the molecule is CCCCC(CC(=O)OC1CC(C)(C)N(C)C(C)(C)C1)(Cc1cc(C)c(O)c(C)c1)C(=O)OC1CC(C)(C)N(C)C(C)(C)C1.Cc1cc(CCCOOC2CC(C)(C)N(CCOC(=O)CCc3cc(C)c(O)c(C)c3)C(C)(C)C2)cc(C)c1O. The number of rotatable bonds is 22. The summed E-state index contributed by atoms with van der Waals surface area (Å²) in [7, 11) is 4.28. The molecule has 0 saturated carbocycles. The molecule has 0 bridgehead atoms. The monoisotopic (exact) mass is 1170 g/mol. The van der Waals surface area contributed by atoms with E-state index in [0.717, 1.165) is 109 Å². The Morgan fingerprint density at radius 2 is 0.917 bits per heavy atom. The first-order valence-corrected chi connectivity index (χ1v) is 31.2. The van der Waals surface area contributed by atoms with Crippen molar-refractivity contribution in [1.29, 1.82) is 0 Å². The molecule has 3 aromatic carbocycles. The summed E-state index contributed by atoms with van der Waals surface area (Å²) in [6, 6.07) is 11.8. The fourth-order valence-corrected chi connectivity index (χ4v) is 14.4. The van der Waals surface area contributed by atoms with Gasteiger partial charge in [-0.3, -0.25) is 29.1 Å². The van der Waals surface area contributed by atoms with Crippen LogP contribution in [-0.2, 0) is 57.6 Å². The highest BCUT2D eigenvalue weighted by molar-refractivity contribution is 5.84. The third-order valence-electron chi connectivity index (χ3n) is 19.2. The highest BCUT2D eigenvalue weighted by atomic mass is 17.2. The summed E-state index contributed by atoms with van der Waals surface area (Å²) in [6.45, 7) is 41.3. The summed E-state index contributed by atoms with van der Waals surface area (Å²) in [6.07, 6.45) is 9.23. The zero-order valence-corrected chi connectivity index (χ0v) is 55.9. The molecule has 3 saturated heterocycles. The number of piperidine rings is 3. The van der Waals surface area contributed by atoms with Gasteiger partial charge in [0.2, 0.25) is 0 Å². The van der Waals surface area contributed by atoms with Crippen molar-refractivity contribution >= 4 is 17.9 Å². The number of hydrogen-bond acceptors (Lipinski definition) is 14. The molecule has 0 radical (unpaired) electrons. The van der Waals surface area contributed by atoms with Crippen LogP contribution in [-0.4, -0.2) is 133 Å². The molecule has 3 N–H and O–H groups in total. The second kappa shape index (κ2) is 28.0. The number of nitrogens with zero attached hydrogens (tertiary/aromatic N) is 3. The van der Waals surface area contributed by atoms with Gasteiger partial charge in [-0.25, -0.2) is 9.78 Å². The lowest BCUT2D eigenvalue weighted by Gasteiger charge is -2.54. The molecule has 3 heterocycles. The van der Waals surface area contributed by atoms with Crippen molar-refractivity contribution in [2.24, 2.45) is 5.41 Å². The maximum atomic E-state index is 14.6. The lowest BCUT2D eigenvalue weighted by molar-refractivity contribution is -0.340. The first-order valence-electron chi connectivity index (χ1n) is 31.2. The molecule has 0 aliphatic carbocycles. The van der Waals surface area contributed by atoms with Gasteiger partial charge in [0.05, 0.1) is 24.5 Å². The van der Waals surface area contributed by atoms with Crippen LogP contribution in [0.25, 0.3) is 0 Å². The van der Waals surface area contributed by atoms with E-state index in [1.807, 2.05) is 77.9 Å². The van der Waals surface area contributed by atoms with Gasteiger partial charge in [-0.2, -0.15) is 0 Å². The molecule has 84 heavy (non-hydrogen) atoms. The fraction of sp³-hybridized carbons (Fsp3) is 0.700. The van der Waals surface area contributed by atoms with Crippen molar-refractivity contribution in [3.63, 3.8) is 0 Å². The van der Waals surface area contributed by atoms with Gasteiger partial charge in [0.1, 0.15) is 36.1 Å². The summed E-state index contributed by atoms with van der Waals surface area (Å²) >= 11 is 0. The third-order valence-corrected chi connectivity index (χ3v) is 19.2. The molecular weight excluding hydrogens is 1060 g/mol. The molecule has 3 aliphatic rings. The number of phenols is 3. The van der Waals surface area contributed by atoms with E-state index in [1.54, 1.807) is 0 Å². The average Bonchev–Trinajstić information content (AvgIpc) is 1.31. The molecule has 0 aromatic heterocycles. The molecule has 3 aromatic rings. The van der Waals surface area contributed by atoms with Crippen LogP contribution in [0.1, 0.15) is 217 Å². The van der Waals surface area contributed by atoms with E-state index in [-0.39, 0.29) is 81.6 Å². The number of benzene rings is 3. The van der Waals surface area contributed by atoms with E-state index in [9.17, 15) is 29.7 Å². The maximum Gasteiger partial charge on any atom is 0.313 e. The standard InChI is InChI=1S/C37H62N2O5.C33H49NO6/c1-14-15-16-37(19-27-17-25(2)31(41)26(3)18-27,32(42)44-29-22-35(8,9)39(13)36(10,11)23-29)24-30(40)43-28-20-33(4,5)38(12)34(6,7)21-28;1-22-16-26(17-23(2)30(22)36)10-9-14-39-40-28-20-32(5,6)34(33(7,8)21-28)13-15-38-29(35)12-11-27-18-24(3)31(37)25(4)19-27/h17-18,28-29,41H,14-16,19-24H2,1-13H3;16-19,28,36-37H,9-15,20-21H2,1-8H3. The normalized spacial score (nSPS) is 20.5. The Bertz CT molecular complexity index is 2620. The zero-order valence-electron chi connectivity index (χ0n) is 55.9. The molecule has 472 valence electrons. The van der Waals surface area contributed by atoms with Crippen LogP contribution in [0.15, 0.2) is 36.4 Å². The van der Waals surface area contributed by atoms with Crippen molar-refractivity contribution in [2.45, 2.75) is 279 Å². The predicted molar refractivity (Wildman–Crippen MR) is 336 cm³/mol. The van der Waals surface area contributed by atoms with Crippen molar-refractivity contribution in [3.8, 4) is 17.2 Å². The highest BCUT2D eigenvalue weighted by Crippen LogP contribution is 2.44. The van der Waals surface area contributed by atoms with E-state index in [4.69, 9.17) is 24.0 Å². The molecule has 6 rings (SSSR count). The van der Waals surface area contributed by atoms with E-state index >= 15 is 0 Å². The Morgan fingerprint density at radius 3 is 1.35 bits per heavy atom. The van der Waals surface area contributed by atoms with Gasteiger partial charge < -0.3 is 29.5 Å². The number of likely N-dealkylation sites (tertiary alicyclic amines) is 3. The Hall–Kier alpha value is -4.73. The summed E-state index contributed by atoms with van der Waals surface area (Å²) in [5, 5.41) is 30.4. The predicted octanol–water partition coefficient (Wildman–Crippen LogP) is 13.9. The Morgan fingerprint density at radius 1 is 0.524 bits per heavy atom. The van der Waals surface area contributed by atoms with Gasteiger partial charge in [0.15, 0.2) is 0 Å².